The summed E-state index contributed by atoms with van der Waals surface area (Å²) >= 11 is 6.21. The molecule has 0 spiro atoms. The van der Waals surface area contributed by atoms with Crippen molar-refractivity contribution in [1.82, 2.24) is 4.98 Å². The normalized spacial score (nSPS) is 17.5. The third kappa shape index (κ3) is 2.04. The standard InChI is InChI=1S/C15H16ClN/c16-14-10-17-15(11-6-2-1-3-7-11)13-9-5-4-8-12(13)14/h4-5,8-11H,1-3,6-7H2. The van der Waals surface area contributed by atoms with E-state index in [-0.39, 0.29) is 0 Å². The number of rotatable bonds is 1. The second kappa shape index (κ2) is 4.66. The predicted molar refractivity (Wildman–Crippen MR) is 72.6 cm³/mol. The van der Waals surface area contributed by atoms with Crippen LogP contribution in [0.15, 0.2) is 30.5 Å². The molecule has 0 atom stereocenters. The van der Waals surface area contributed by atoms with Gasteiger partial charge in [-0.1, -0.05) is 55.1 Å². The second-order valence-electron chi connectivity index (χ2n) is 4.87. The minimum Gasteiger partial charge on any atom is -0.259 e. The average Bonchev–Trinajstić information content (AvgIpc) is 2.41. The molecule has 0 amide bonds. The van der Waals surface area contributed by atoms with Crippen molar-refractivity contribution in [1.29, 1.82) is 0 Å². The minimum atomic E-state index is 0.630. The van der Waals surface area contributed by atoms with E-state index in [9.17, 15) is 0 Å². The number of aromatic nitrogens is 1. The molecule has 1 nitrogen and oxygen atoms in total. The monoisotopic (exact) mass is 245 g/mol. The fourth-order valence-corrected chi connectivity index (χ4v) is 3.09. The molecule has 1 aromatic heterocycles. The van der Waals surface area contributed by atoms with Crippen molar-refractivity contribution in [3.05, 3.63) is 41.2 Å². The van der Waals surface area contributed by atoms with E-state index in [1.54, 1.807) is 0 Å². The lowest BCUT2D eigenvalue weighted by molar-refractivity contribution is 0.439. The smallest absolute Gasteiger partial charge is 0.0667 e. The van der Waals surface area contributed by atoms with Crippen molar-refractivity contribution in [2.75, 3.05) is 0 Å². The zero-order valence-electron chi connectivity index (χ0n) is 9.82. The van der Waals surface area contributed by atoms with Crippen LogP contribution in [0.4, 0.5) is 0 Å². The van der Waals surface area contributed by atoms with E-state index in [4.69, 9.17) is 11.6 Å². The molecule has 2 heteroatoms. The van der Waals surface area contributed by atoms with Crippen molar-refractivity contribution in [3.8, 4) is 0 Å². The lowest BCUT2D eigenvalue weighted by Crippen LogP contribution is -2.07. The van der Waals surface area contributed by atoms with Gasteiger partial charge in [0.25, 0.3) is 0 Å². The van der Waals surface area contributed by atoms with Crippen LogP contribution in [-0.4, -0.2) is 4.98 Å². The first-order chi connectivity index (χ1) is 8.36. The van der Waals surface area contributed by atoms with Crippen LogP contribution in [0.1, 0.15) is 43.7 Å². The Balaban J connectivity index is 2.12. The number of halogens is 1. The summed E-state index contributed by atoms with van der Waals surface area (Å²) in [6, 6.07) is 8.36. The van der Waals surface area contributed by atoms with E-state index in [1.807, 2.05) is 12.3 Å². The van der Waals surface area contributed by atoms with Crippen LogP contribution in [0.25, 0.3) is 10.8 Å². The molecule has 0 saturated heterocycles. The molecule has 0 N–H and O–H groups in total. The first kappa shape index (κ1) is 11.0. The summed E-state index contributed by atoms with van der Waals surface area (Å²) in [6.45, 7) is 0. The van der Waals surface area contributed by atoms with Gasteiger partial charge in [-0.05, 0) is 12.8 Å². The van der Waals surface area contributed by atoms with Crippen LogP contribution >= 0.6 is 11.6 Å². The zero-order valence-corrected chi connectivity index (χ0v) is 10.6. The van der Waals surface area contributed by atoms with Crippen LogP contribution in [0, 0.1) is 0 Å². The maximum atomic E-state index is 6.21. The highest BCUT2D eigenvalue weighted by Gasteiger charge is 2.19. The molecule has 88 valence electrons. The summed E-state index contributed by atoms with van der Waals surface area (Å²) in [4.78, 5) is 4.60. The number of fused-ring (bicyclic) bond motifs is 1. The molecule has 3 rings (SSSR count). The summed E-state index contributed by atoms with van der Waals surface area (Å²) in [6.07, 6.45) is 8.42. The van der Waals surface area contributed by atoms with E-state index in [0.717, 1.165) is 10.4 Å². The molecule has 1 fully saturated rings. The Morgan fingerprint density at radius 2 is 1.71 bits per heavy atom. The number of benzene rings is 1. The van der Waals surface area contributed by atoms with Crippen molar-refractivity contribution in [2.24, 2.45) is 0 Å². The van der Waals surface area contributed by atoms with Crippen LogP contribution in [0.3, 0.4) is 0 Å². The molecule has 2 aromatic rings. The molecule has 1 aliphatic rings. The molecule has 1 heterocycles. The summed E-state index contributed by atoms with van der Waals surface area (Å²) in [7, 11) is 0. The van der Waals surface area contributed by atoms with Gasteiger partial charge in [0.2, 0.25) is 0 Å². The molecular formula is C15H16ClN. The summed E-state index contributed by atoms with van der Waals surface area (Å²) in [5, 5.41) is 3.15. The Morgan fingerprint density at radius 3 is 2.47 bits per heavy atom. The van der Waals surface area contributed by atoms with Crippen molar-refractivity contribution < 1.29 is 0 Å². The number of hydrogen-bond donors (Lipinski definition) is 0. The number of nitrogens with zero attached hydrogens (tertiary/aromatic N) is 1. The van der Waals surface area contributed by atoms with E-state index in [2.05, 4.69) is 23.2 Å². The number of pyridine rings is 1. The van der Waals surface area contributed by atoms with Gasteiger partial charge in [0.1, 0.15) is 0 Å². The zero-order chi connectivity index (χ0) is 11.7. The SMILES string of the molecule is Clc1cnc(C2CCCCC2)c2ccccc12. The van der Waals surface area contributed by atoms with E-state index in [1.165, 1.54) is 43.2 Å². The Hall–Kier alpha value is -1.08. The molecule has 0 unspecified atom stereocenters. The third-order valence-corrected chi connectivity index (χ3v) is 4.07. The van der Waals surface area contributed by atoms with Crippen molar-refractivity contribution in [2.45, 2.75) is 38.0 Å². The predicted octanol–water partition coefficient (Wildman–Crippen LogP) is 4.94. The van der Waals surface area contributed by atoms with Crippen LogP contribution < -0.4 is 0 Å². The van der Waals surface area contributed by atoms with Gasteiger partial charge >= 0.3 is 0 Å². The molecule has 0 radical (unpaired) electrons. The topological polar surface area (TPSA) is 12.9 Å². The Bertz CT molecular complexity index is 529. The molecule has 0 aliphatic heterocycles. The largest absolute Gasteiger partial charge is 0.259 e. The van der Waals surface area contributed by atoms with Crippen LogP contribution in [-0.2, 0) is 0 Å². The van der Waals surface area contributed by atoms with Gasteiger partial charge in [-0.2, -0.15) is 0 Å². The maximum absolute atomic E-state index is 6.21. The summed E-state index contributed by atoms with van der Waals surface area (Å²) < 4.78 is 0. The summed E-state index contributed by atoms with van der Waals surface area (Å²) in [5.41, 5.74) is 1.25. The highest BCUT2D eigenvalue weighted by Crippen LogP contribution is 2.36. The van der Waals surface area contributed by atoms with E-state index in [0.29, 0.717) is 5.92 Å². The van der Waals surface area contributed by atoms with Crippen molar-refractivity contribution >= 4 is 22.4 Å². The lowest BCUT2D eigenvalue weighted by Gasteiger charge is -2.22. The highest BCUT2D eigenvalue weighted by atomic mass is 35.5. The fraction of sp³-hybridized carbons (Fsp3) is 0.400. The molecular weight excluding hydrogens is 230 g/mol. The minimum absolute atomic E-state index is 0.630. The third-order valence-electron chi connectivity index (χ3n) is 3.77. The van der Waals surface area contributed by atoms with Gasteiger partial charge in [-0.15, -0.1) is 0 Å². The van der Waals surface area contributed by atoms with Crippen LogP contribution in [0.2, 0.25) is 5.02 Å². The molecule has 0 bridgehead atoms. The second-order valence-corrected chi connectivity index (χ2v) is 5.28. The fourth-order valence-electron chi connectivity index (χ4n) is 2.88. The van der Waals surface area contributed by atoms with Gasteiger partial charge in [-0.25, -0.2) is 0 Å². The maximum Gasteiger partial charge on any atom is 0.0667 e. The number of hydrogen-bond acceptors (Lipinski definition) is 1. The van der Waals surface area contributed by atoms with E-state index < -0.39 is 0 Å². The quantitative estimate of drug-likeness (QED) is 0.694. The molecule has 1 aliphatic carbocycles. The average molecular weight is 246 g/mol. The van der Waals surface area contributed by atoms with Gasteiger partial charge in [-0.3, -0.25) is 4.98 Å². The van der Waals surface area contributed by atoms with Gasteiger partial charge < -0.3 is 0 Å². The lowest BCUT2D eigenvalue weighted by atomic mass is 9.85. The van der Waals surface area contributed by atoms with Gasteiger partial charge in [0.05, 0.1) is 10.7 Å². The molecule has 17 heavy (non-hydrogen) atoms. The first-order valence-electron chi connectivity index (χ1n) is 6.39. The van der Waals surface area contributed by atoms with Crippen molar-refractivity contribution in [3.63, 3.8) is 0 Å². The van der Waals surface area contributed by atoms with Crippen LogP contribution in [0.5, 0.6) is 0 Å². The van der Waals surface area contributed by atoms with E-state index >= 15 is 0 Å². The molecule has 1 saturated carbocycles. The van der Waals surface area contributed by atoms with Gasteiger partial charge in [0, 0.05) is 22.9 Å². The summed E-state index contributed by atoms with van der Waals surface area (Å²) in [5.74, 6) is 0.630. The Labute approximate surface area is 107 Å². The Kier molecular flexibility index (Phi) is 3.02. The highest BCUT2D eigenvalue weighted by molar-refractivity contribution is 6.35. The first-order valence-corrected chi connectivity index (χ1v) is 6.77. The molecule has 1 aromatic carbocycles. The van der Waals surface area contributed by atoms with Gasteiger partial charge in [0.15, 0.2) is 0 Å². The Morgan fingerprint density at radius 1 is 1.00 bits per heavy atom.